The fourth-order valence-electron chi connectivity index (χ4n) is 0.721. The Balaban J connectivity index is 3.07. The fraction of sp³-hybridized carbons (Fsp3) is 0.286. The monoisotopic (exact) mass is 155 g/mol. The van der Waals surface area contributed by atoms with Crippen molar-refractivity contribution in [1.29, 1.82) is 0 Å². The van der Waals surface area contributed by atoms with E-state index in [1.165, 1.54) is 0 Å². The molecule has 0 spiro atoms. The minimum absolute atomic E-state index is 0.0709. The van der Waals surface area contributed by atoms with Crippen LogP contribution in [0.4, 0.5) is 0 Å². The van der Waals surface area contributed by atoms with Gasteiger partial charge in [0.15, 0.2) is 0 Å². The number of nitrogens with one attached hydrogen (secondary N) is 1. The summed E-state index contributed by atoms with van der Waals surface area (Å²) in [6.07, 6.45) is 1.63. The first-order valence-electron chi connectivity index (χ1n) is 3.07. The maximum Gasteiger partial charge on any atom is 0.248 e. The number of rotatable bonds is 1. The quantitative estimate of drug-likeness (QED) is 0.590. The van der Waals surface area contributed by atoms with Crippen molar-refractivity contribution in [1.82, 2.24) is 4.98 Å². The molecule has 1 unspecified atom stereocenters. The van der Waals surface area contributed by atoms with Gasteiger partial charge in [-0.05, 0) is 18.6 Å². The highest BCUT2D eigenvalue weighted by atomic mass is 32.1. The molecule has 0 saturated carbocycles. The lowest BCUT2D eigenvalue weighted by atomic mass is 10.2. The maximum atomic E-state index is 10.7. The molecule has 1 N–H and O–H groups in total. The van der Waals surface area contributed by atoms with Gasteiger partial charge in [-0.15, -0.1) is 0 Å². The number of thiol groups is 1. The van der Waals surface area contributed by atoms with Crippen LogP contribution in [0.1, 0.15) is 17.7 Å². The summed E-state index contributed by atoms with van der Waals surface area (Å²) in [4.78, 5) is 13.2. The first kappa shape index (κ1) is 7.41. The van der Waals surface area contributed by atoms with Crippen molar-refractivity contribution in [2.45, 2.75) is 12.2 Å². The van der Waals surface area contributed by atoms with Gasteiger partial charge in [0, 0.05) is 17.5 Å². The number of hydrogen-bond donors (Lipinski definition) is 2. The summed E-state index contributed by atoms with van der Waals surface area (Å²) in [5.41, 5.74) is 0.880. The van der Waals surface area contributed by atoms with Gasteiger partial charge in [-0.2, -0.15) is 12.6 Å². The van der Waals surface area contributed by atoms with E-state index in [2.05, 4.69) is 17.6 Å². The summed E-state index contributed by atoms with van der Waals surface area (Å²) >= 11 is 4.18. The Kier molecular flexibility index (Phi) is 2.17. The van der Waals surface area contributed by atoms with E-state index < -0.39 is 0 Å². The van der Waals surface area contributed by atoms with Gasteiger partial charge < -0.3 is 4.98 Å². The van der Waals surface area contributed by atoms with E-state index >= 15 is 0 Å². The van der Waals surface area contributed by atoms with Crippen LogP contribution in [0, 0.1) is 0 Å². The van der Waals surface area contributed by atoms with Crippen LogP contribution >= 0.6 is 12.6 Å². The molecule has 0 aromatic carbocycles. The molecule has 2 nitrogen and oxygen atoms in total. The first-order chi connectivity index (χ1) is 4.70. The Morgan fingerprint density at radius 1 is 1.70 bits per heavy atom. The number of aromatic nitrogens is 1. The molecule has 54 valence electrons. The molecule has 0 aliphatic rings. The van der Waals surface area contributed by atoms with Crippen LogP contribution in [0.5, 0.6) is 0 Å². The molecule has 0 saturated heterocycles. The predicted octanol–water partition coefficient (Wildman–Crippen LogP) is 1.37. The van der Waals surface area contributed by atoms with Crippen LogP contribution in [0.2, 0.25) is 0 Å². The van der Waals surface area contributed by atoms with Crippen LogP contribution in [0.3, 0.4) is 0 Å². The molecule has 1 rings (SSSR count). The van der Waals surface area contributed by atoms with Gasteiger partial charge in [0.25, 0.3) is 0 Å². The van der Waals surface area contributed by atoms with Gasteiger partial charge in [-0.1, -0.05) is 0 Å². The van der Waals surface area contributed by atoms with E-state index in [4.69, 9.17) is 0 Å². The summed E-state index contributed by atoms with van der Waals surface area (Å²) < 4.78 is 0. The van der Waals surface area contributed by atoms with Crippen molar-refractivity contribution >= 4 is 12.6 Å². The van der Waals surface area contributed by atoms with Crippen molar-refractivity contribution in [3.8, 4) is 0 Å². The van der Waals surface area contributed by atoms with Gasteiger partial charge in [0.2, 0.25) is 5.56 Å². The second kappa shape index (κ2) is 2.92. The molecule has 0 radical (unpaired) electrons. The highest BCUT2D eigenvalue weighted by Crippen LogP contribution is 2.15. The Morgan fingerprint density at radius 3 is 2.80 bits per heavy atom. The zero-order valence-corrected chi connectivity index (χ0v) is 6.56. The van der Waals surface area contributed by atoms with E-state index in [-0.39, 0.29) is 10.8 Å². The molecule has 0 amide bonds. The summed E-state index contributed by atoms with van der Waals surface area (Å²) in [5.74, 6) is 0. The minimum atomic E-state index is -0.0709. The largest absolute Gasteiger partial charge is 0.329 e. The van der Waals surface area contributed by atoms with E-state index in [9.17, 15) is 4.79 Å². The minimum Gasteiger partial charge on any atom is -0.329 e. The van der Waals surface area contributed by atoms with Crippen molar-refractivity contribution in [3.05, 3.63) is 34.2 Å². The Bertz CT molecular complexity index is 266. The van der Waals surface area contributed by atoms with E-state index in [1.54, 1.807) is 12.3 Å². The maximum absolute atomic E-state index is 10.7. The zero-order valence-electron chi connectivity index (χ0n) is 5.66. The molecule has 1 heterocycles. The molecule has 1 atom stereocenters. The van der Waals surface area contributed by atoms with Gasteiger partial charge in [0.05, 0.1) is 0 Å². The van der Waals surface area contributed by atoms with Crippen LogP contribution in [-0.2, 0) is 0 Å². The predicted molar refractivity (Wildman–Crippen MR) is 44.5 cm³/mol. The zero-order chi connectivity index (χ0) is 7.56. The number of hydrogen-bond acceptors (Lipinski definition) is 2. The van der Waals surface area contributed by atoms with Gasteiger partial charge in [0.1, 0.15) is 0 Å². The summed E-state index contributed by atoms with van der Waals surface area (Å²) in [7, 11) is 0. The lowest BCUT2D eigenvalue weighted by Crippen LogP contribution is -2.03. The molecule has 3 heteroatoms. The molecule has 0 aliphatic heterocycles. The Morgan fingerprint density at radius 2 is 2.40 bits per heavy atom. The van der Waals surface area contributed by atoms with Gasteiger partial charge in [-0.25, -0.2) is 0 Å². The van der Waals surface area contributed by atoms with Crippen molar-refractivity contribution in [2.75, 3.05) is 0 Å². The second-order valence-corrected chi connectivity index (χ2v) is 2.94. The third-order valence-corrected chi connectivity index (χ3v) is 1.58. The third kappa shape index (κ3) is 1.64. The number of H-pyrrole nitrogens is 1. The average molecular weight is 155 g/mol. The number of aromatic amines is 1. The molecular formula is C7H9NOS. The molecule has 0 fully saturated rings. The smallest absolute Gasteiger partial charge is 0.248 e. The van der Waals surface area contributed by atoms with Gasteiger partial charge >= 0.3 is 0 Å². The molecule has 10 heavy (non-hydrogen) atoms. The standard InChI is InChI=1S/C7H9NOS/c1-5(10)6-2-3-8-7(9)4-6/h2-5,10H,1H3,(H,8,9). The second-order valence-electron chi connectivity index (χ2n) is 2.16. The van der Waals surface area contributed by atoms with Crippen molar-refractivity contribution in [3.63, 3.8) is 0 Å². The van der Waals surface area contributed by atoms with Gasteiger partial charge in [-0.3, -0.25) is 4.79 Å². The molecular weight excluding hydrogens is 146 g/mol. The highest BCUT2D eigenvalue weighted by Gasteiger charge is 1.97. The van der Waals surface area contributed by atoms with Crippen molar-refractivity contribution < 1.29 is 0 Å². The van der Waals surface area contributed by atoms with Crippen LogP contribution in [0.25, 0.3) is 0 Å². The topological polar surface area (TPSA) is 32.9 Å². The fourth-order valence-corrected chi connectivity index (χ4v) is 0.882. The summed E-state index contributed by atoms with van der Waals surface area (Å²) in [5, 5.41) is 0.127. The van der Waals surface area contributed by atoms with Crippen molar-refractivity contribution in [2.24, 2.45) is 0 Å². The summed E-state index contributed by atoms with van der Waals surface area (Å²) in [6, 6.07) is 3.40. The Hall–Kier alpha value is -0.700. The van der Waals surface area contributed by atoms with Crippen LogP contribution < -0.4 is 5.56 Å². The van der Waals surface area contributed by atoms with E-state index in [1.807, 2.05) is 13.0 Å². The third-order valence-electron chi connectivity index (χ3n) is 1.28. The number of pyridine rings is 1. The SMILES string of the molecule is CC(S)c1cc[nH]c(=O)c1. The molecule has 0 bridgehead atoms. The lowest BCUT2D eigenvalue weighted by Gasteiger charge is -2.00. The molecule has 1 aromatic heterocycles. The highest BCUT2D eigenvalue weighted by molar-refractivity contribution is 7.80. The first-order valence-corrected chi connectivity index (χ1v) is 3.58. The van der Waals surface area contributed by atoms with Crippen LogP contribution in [-0.4, -0.2) is 4.98 Å². The Labute approximate surface area is 64.7 Å². The normalized spacial score (nSPS) is 13.0. The average Bonchev–Trinajstić information content (AvgIpc) is 1.88. The van der Waals surface area contributed by atoms with E-state index in [0.717, 1.165) is 5.56 Å². The molecule has 0 aliphatic carbocycles. The van der Waals surface area contributed by atoms with E-state index in [0.29, 0.717) is 0 Å². The lowest BCUT2D eigenvalue weighted by molar-refractivity contribution is 1.08. The summed E-state index contributed by atoms with van der Waals surface area (Å²) in [6.45, 7) is 1.93. The molecule has 1 aromatic rings. The van der Waals surface area contributed by atoms with Crippen LogP contribution in [0.15, 0.2) is 23.1 Å².